The van der Waals surface area contributed by atoms with Gasteiger partial charge in [-0.05, 0) is 51.1 Å². The van der Waals surface area contributed by atoms with Crippen LogP contribution in [0, 0.1) is 0 Å². The van der Waals surface area contributed by atoms with Crippen LogP contribution in [-0.2, 0) is 21.3 Å². The molecule has 7 heteroatoms. The monoisotopic (exact) mass is 387 g/mol. The van der Waals surface area contributed by atoms with Crippen LogP contribution < -0.4 is 9.47 Å². The molecule has 0 unspecified atom stereocenters. The van der Waals surface area contributed by atoms with Crippen LogP contribution in [0.25, 0.3) is 0 Å². The summed E-state index contributed by atoms with van der Waals surface area (Å²) in [6.07, 6.45) is 3.07. The first-order chi connectivity index (χ1) is 13.5. The third kappa shape index (κ3) is 1.98. The second-order valence-electron chi connectivity index (χ2n) is 8.04. The van der Waals surface area contributed by atoms with Crippen LogP contribution in [-0.4, -0.2) is 67.3 Å². The fraction of sp³-hybridized carbons (Fsp3) is 0.571. The third-order valence-corrected chi connectivity index (χ3v) is 6.96. The molecule has 1 N–H and O–H groups in total. The lowest BCUT2D eigenvalue weighted by atomic mass is 9.50. The zero-order chi connectivity index (χ0) is 19.7. The summed E-state index contributed by atoms with van der Waals surface area (Å²) in [5, 5.41) is 12.0. The molecule has 2 bridgehead atoms. The molecule has 1 aromatic rings. The van der Waals surface area contributed by atoms with E-state index in [-0.39, 0.29) is 12.6 Å². The van der Waals surface area contributed by atoms with Crippen molar-refractivity contribution >= 4 is 6.16 Å². The number of rotatable bonds is 3. The van der Waals surface area contributed by atoms with E-state index in [1.54, 1.807) is 20.1 Å². The van der Waals surface area contributed by atoms with Crippen LogP contribution in [0.2, 0.25) is 0 Å². The van der Waals surface area contributed by atoms with E-state index in [2.05, 4.69) is 11.0 Å². The average molecular weight is 387 g/mol. The molecule has 2 aliphatic carbocycles. The Bertz CT molecular complexity index is 869. The van der Waals surface area contributed by atoms with Crippen LogP contribution in [0.3, 0.4) is 0 Å². The van der Waals surface area contributed by atoms with Crippen LogP contribution in [0.1, 0.15) is 24.5 Å². The van der Waals surface area contributed by atoms with Gasteiger partial charge in [0.25, 0.3) is 0 Å². The van der Waals surface area contributed by atoms with Gasteiger partial charge < -0.3 is 24.1 Å². The highest BCUT2D eigenvalue weighted by molar-refractivity contribution is 5.65. The summed E-state index contributed by atoms with van der Waals surface area (Å²) in [7, 11) is 3.66. The van der Waals surface area contributed by atoms with E-state index in [0.29, 0.717) is 17.9 Å². The Morgan fingerprint density at radius 1 is 1.43 bits per heavy atom. The van der Waals surface area contributed by atoms with E-state index in [1.807, 2.05) is 19.2 Å². The molecular weight excluding hydrogens is 362 g/mol. The number of methoxy groups -OCH3 is 1. The number of carbonyl (C=O) groups excluding carboxylic acids is 1. The van der Waals surface area contributed by atoms with Gasteiger partial charge in [0.1, 0.15) is 5.60 Å². The van der Waals surface area contributed by atoms with Gasteiger partial charge in [-0.1, -0.05) is 12.1 Å². The Labute approximate surface area is 163 Å². The van der Waals surface area contributed by atoms with E-state index in [0.717, 1.165) is 24.1 Å². The number of nitrogens with zero attached hydrogens (tertiary/aromatic N) is 1. The quantitative estimate of drug-likeness (QED) is 0.626. The third-order valence-electron chi connectivity index (χ3n) is 6.96. The summed E-state index contributed by atoms with van der Waals surface area (Å²) < 4.78 is 22.5. The molecule has 1 saturated heterocycles. The van der Waals surface area contributed by atoms with Crippen molar-refractivity contribution in [3.05, 3.63) is 35.4 Å². The molecule has 0 aromatic heterocycles. The Morgan fingerprint density at radius 3 is 3.00 bits per heavy atom. The highest BCUT2D eigenvalue weighted by Gasteiger charge is 2.72. The summed E-state index contributed by atoms with van der Waals surface area (Å²) in [4.78, 5) is 14.2. The van der Waals surface area contributed by atoms with Crippen molar-refractivity contribution in [3.8, 4) is 11.5 Å². The molecule has 1 aromatic carbocycles. The topological polar surface area (TPSA) is 77.5 Å². The van der Waals surface area contributed by atoms with E-state index in [4.69, 9.17) is 18.9 Å². The molecule has 0 saturated carbocycles. The number of likely N-dealkylation sites (N-methyl/N-ethyl adjacent to an activating group) is 1. The van der Waals surface area contributed by atoms with Crippen LogP contribution in [0.5, 0.6) is 11.5 Å². The van der Waals surface area contributed by atoms with E-state index in [9.17, 15) is 9.90 Å². The molecule has 7 nitrogen and oxygen atoms in total. The van der Waals surface area contributed by atoms with Gasteiger partial charge in [-0.25, -0.2) is 4.79 Å². The Morgan fingerprint density at radius 2 is 2.25 bits per heavy atom. The highest BCUT2D eigenvalue weighted by atomic mass is 16.7. The Hall–Kier alpha value is -2.25. The number of benzene rings is 1. The maximum absolute atomic E-state index is 12.0. The van der Waals surface area contributed by atoms with Crippen LogP contribution >= 0.6 is 0 Å². The van der Waals surface area contributed by atoms with Crippen molar-refractivity contribution in [1.29, 1.82) is 0 Å². The van der Waals surface area contributed by atoms with Gasteiger partial charge in [-0.2, -0.15) is 0 Å². The minimum Gasteiger partial charge on any atom is -0.493 e. The number of carbonyl (C=O) groups is 1. The van der Waals surface area contributed by atoms with E-state index >= 15 is 0 Å². The summed E-state index contributed by atoms with van der Waals surface area (Å²) in [6, 6.07) is 3.91. The predicted octanol–water partition coefficient (Wildman–Crippen LogP) is 1.80. The molecule has 5 atom stereocenters. The lowest BCUT2D eigenvalue weighted by Gasteiger charge is -2.61. The van der Waals surface area contributed by atoms with Gasteiger partial charge in [-0.15, -0.1) is 0 Å². The second kappa shape index (κ2) is 5.87. The van der Waals surface area contributed by atoms with Gasteiger partial charge in [0.2, 0.25) is 0 Å². The van der Waals surface area contributed by atoms with Crippen molar-refractivity contribution < 1.29 is 28.8 Å². The maximum atomic E-state index is 12.0. The number of hydrogen-bond donors (Lipinski definition) is 1. The van der Waals surface area contributed by atoms with Crippen molar-refractivity contribution in [2.24, 2.45) is 0 Å². The molecule has 0 amide bonds. The molecule has 150 valence electrons. The molecule has 28 heavy (non-hydrogen) atoms. The van der Waals surface area contributed by atoms with Crippen molar-refractivity contribution in [3.63, 3.8) is 0 Å². The summed E-state index contributed by atoms with van der Waals surface area (Å²) in [5.74, 6) is 1.30. The molecule has 0 radical (unpaired) electrons. The first-order valence-electron chi connectivity index (χ1n) is 9.78. The van der Waals surface area contributed by atoms with Gasteiger partial charge in [0.15, 0.2) is 23.7 Å². The lowest BCUT2D eigenvalue weighted by molar-refractivity contribution is -0.154. The predicted molar refractivity (Wildman–Crippen MR) is 99.8 cm³/mol. The molecule has 5 rings (SSSR count). The Balaban J connectivity index is 1.70. The average Bonchev–Trinajstić information content (AvgIpc) is 3.02. The zero-order valence-electron chi connectivity index (χ0n) is 16.3. The molecule has 1 spiro atoms. The zero-order valence-corrected chi connectivity index (χ0v) is 16.3. The number of likely N-dealkylation sites (tertiary alicyclic amines) is 1. The molecule has 1 fully saturated rings. The number of hydrogen-bond acceptors (Lipinski definition) is 7. The number of ether oxygens (including phenoxy) is 4. The first-order valence-corrected chi connectivity index (χ1v) is 9.78. The van der Waals surface area contributed by atoms with Gasteiger partial charge in [-0.3, -0.25) is 4.90 Å². The highest BCUT2D eigenvalue weighted by Crippen LogP contribution is 2.64. The second-order valence-corrected chi connectivity index (χ2v) is 8.04. The van der Waals surface area contributed by atoms with Crippen LogP contribution in [0.15, 0.2) is 24.3 Å². The fourth-order valence-electron chi connectivity index (χ4n) is 5.78. The number of aliphatic hydroxyl groups is 1. The van der Waals surface area contributed by atoms with Crippen molar-refractivity contribution in [2.45, 2.75) is 49.0 Å². The molecule has 4 aliphatic rings. The molecule has 2 aliphatic heterocycles. The first kappa shape index (κ1) is 17.8. The molecular formula is C21H25NO6. The smallest absolute Gasteiger partial charge is 0.493 e. The summed E-state index contributed by atoms with van der Waals surface area (Å²) in [5.41, 5.74) is 0.368. The maximum Gasteiger partial charge on any atom is 0.508 e. The van der Waals surface area contributed by atoms with Crippen molar-refractivity contribution in [1.82, 2.24) is 4.90 Å². The van der Waals surface area contributed by atoms with E-state index < -0.39 is 29.4 Å². The lowest BCUT2D eigenvalue weighted by Crippen LogP contribution is -2.75. The summed E-state index contributed by atoms with van der Waals surface area (Å²) >= 11 is 0. The minimum atomic E-state index is -1.11. The number of piperidine rings is 1. The van der Waals surface area contributed by atoms with Gasteiger partial charge >= 0.3 is 6.16 Å². The molecule has 2 heterocycles. The van der Waals surface area contributed by atoms with Crippen LogP contribution in [0.4, 0.5) is 4.79 Å². The Kier molecular flexibility index (Phi) is 3.74. The normalized spacial score (nSPS) is 37.1. The van der Waals surface area contributed by atoms with E-state index in [1.165, 1.54) is 0 Å². The van der Waals surface area contributed by atoms with Gasteiger partial charge in [0.05, 0.1) is 19.1 Å². The largest absolute Gasteiger partial charge is 0.508 e. The minimum absolute atomic E-state index is 0.0704. The SMILES string of the molecule is CCOC(=O)O[C@H]1C=C[C@@]2(O)[C@H]3Cc4ccc(OC)c5c4[C@@]2(CCN3C)[C@H]1O5. The fourth-order valence-corrected chi connectivity index (χ4v) is 5.78. The standard InChI is InChI=1S/C21H25NO6/c1-4-26-19(23)27-14-7-8-21(24)15-11-12-5-6-13(25-3)17-16(12)20(21,18(14)28-17)9-10-22(15)2/h5-8,14-15,18,24H,4,9-11H2,1-3H3/t14-,15+,18-,20-,21+/m0/s1. The van der Waals surface area contributed by atoms with Crippen molar-refractivity contribution in [2.75, 3.05) is 27.3 Å². The van der Waals surface area contributed by atoms with Gasteiger partial charge in [0, 0.05) is 11.6 Å². The summed E-state index contributed by atoms with van der Waals surface area (Å²) in [6.45, 7) is 2.79.